The number of rotatable bonds is 10. The van der Waals surface area contributed by atoms with Gasteiger partial charge in [-0.25, -0.2) is 18.4 Å². The molecule has 0 unspecified atom stereocenters. The minimum atomic E-state index is -3.88. The molecule has 0 N–H and O–H groups in total. The number of benzene rings is 1. The highest BCUT2D eigenvalue weighted by Crippen LogP contribution is 2.39. The minimum Gasteiger partial charge on any atom is -0.494 e. The van der Waals surface area contributed by atoms with Crippen LogP contribution in [-0.4, -0.2) is 65.5 Å². The number of sulfone groups is 1. The lowest BCUT2D eigenvalue weighted by Crippen LogP contribution is -2.30. The van der Waals surface area contributed by atoms with Crippen molar-refractivity contribution in [3.63, 3.8) is 0 Å². The van der Waals surface area contributed by atoms with Crippen molar-refractivity contribution in [2.45, 2.75) is 49.2 Å². The highest BCUT2D eigenvalue weighted by Gasteiger charge is 2.37. The van der Waals surface area contributed by atoms with Gasteiger partial charge in [-0.15, -0.1) is 10.2 Å². The smallest absolute Gasteiger partial charge is 0.163 e. The number of carbonyl (C=O) groups excluding carboxylic acids is 1. The van der Waals surface area contributed by atoms with Crippen LogP contribution in [0.25, 0.3) is 5.69 Å². The van der Waals surface area contributed by atoms with Gasteiger partial charge in [-0.3, -0.25) is 9.36 Å². The fourth-order valence-corrected chi connectivity index (χ4v) is 6.01. The van der Waals surface area contributed by atoms with Gasteiger partial charge in [-0.2, -0.15) is 0 Å². The van der Waals surface area contributed by atoms with E-state index < -0.39 is 26.9 Å². The molecule has 1 saturated carbocycles. The maximum Gasteiger partial charge on any atom is 0.163 e. The van der Waals surface area contributed by atoms with Crippen molar-refractivity contribution in [1.29, 1.82) is 0 Å². The van der Waals surface area contributed by atoms with Crippen LogP contribution < -0.4 is 9.47 Å². The van der Waals surface area contributed by atoms with Crippen molar-refractivity contribution < 1.29 is 27.4 Å². The number of hydrogen-bond donors (Lipinski definition) is 0. The molecular formula is C24H28ClN5O6S. The largest absolute Gasteiger partial charge is 0.494 e. The predicted molar refractivity (Wildman–Crippen MR) is 135 cm³/mol. The molecule has 0 amide bonds. The van der Waals surface area contributed by atoms with Crippen LogP contribution in [0.1, 0.15) is 55.7 Å². The molecule has 1 aliphatic carbocycles. The summed E-state index contributed by atoms with van der Waals surface area (Å²) in [6, 6.07) is 5.24. The molecule has 1 aliphatic rings. The minimum absolute atomic E-state index is 0.125. The summed E-state index contributed by atoms with van der Waals surface area (Å²) in [5.74, 6) is 1.18. The second kappa shape index (κ2) is 11.1. The Bertz CT molecular complexity index is 1360. The summed E-state index contributed by atoms with van der Waals surface area (Å²) < 4.78 is 45.6. The Kier molecular flexibility index (Phi) is 8.10. The molecule has 37 heavy (non-hydrogen) atoms. The Balaban J connectivity index is 1.79. The van der Waals surface area contributed by atoms with E-state index in [1.807, 2.05) is 0 Å². The lowest BCUT2D eigenvalue weighted by Gasteiger charge is -2.22. The quantitative estimate of drug-likeness (QED) is 0.370. The van der Waals surface area contributed by atoms with E-state index in [9.17, 15) is 13.2 Å². The first kappa shape index (κ1) is 27.0. The van der Waals surface area contributed by atoms with E-state index in [2.05, 4.69) is 20.2 Å². The molecule has 2 aromatic heterocycles. The summed E-state index contributed by atoms with van der Waals surface area (Å²) in [5, 5.41) is 7.92. The maximum absolute atomic E-state index is 13.7. The number of methoxy groups -OCH3 is 3. The highest BCUT2D eigenvalue weighted by atomic mass is 35.5. The summed E-state index contributed by atoms with van der Waals surface area (Å²) in [7, 11) is 0.530. The number of nitrogens with zero attached hydrogens (tertiary/aromatic N) is 5. The van der Waals surface area contributed by atoms with Gasteiger partial charge in [-0.05, 0) is 25.5 Å². The summed E-state index contributed by atoms with van der Waals surface area (Å²) in [4.78, 5) is 20.3. The monoisotopic (exact) mass is 549 g/mol. The number of hydrogen-bond acceptors (Lipinski definition) is 10. The van der Waals surface area contributed by atoms with Crippen molar-refractivity contribution >= 4 is 27.2 Å². The summed E-state index contributed by atoms with van der Waals surface area (Å²) in [5.41, 5.74) is 0.467. The molecule has 4 rings (SSSR count). The molecule has 1 fully saturated rings. The molecule has 2 heterocycles. The van der Waals surface area contributed by atoms with Crippen molar-refractivity contribution in [2.75, 3.05) is 21.3 Å². The fraction of sp³-hybridized carbons (Fsp3) is 0.458. The van der Waals surface area contributed by atoms with Crippen LogP contribution in [0, 0.1) is 0 Å². The molecule has 3 atom stereocenters. The second-order valence-corrected chi connectivity index (χ2v) is 11.5. The SMILES string of the molecule is COc1cccc(OC)c1-n1c(CS(=O)(=O)[C@@H](C)[C@H](OC)c2ncc(Cl)cn2)nnc1[C@H]1CCC(=O)C1. The van der Waals surface area contributed by atoms with Gasteiger partial charge in [0.15, 0.2) is 21.5 Å². The van der Waals surface area contributed by atoms with Gasteiger partial charge in [0, 0.05) is 38.3 Å². The topological polar surface area (TPSA) is 135 Å². The van der Waals surface area contributed by atoms with Crippen LogP contribution in [-0.2, 0) is 25.1 Å². The van der Waals surface area contributed by atoms with Gasteiger partial charge in [0.1, 0.15) is 40.7 Å². The third-order valence-corrected chi connectivity index (χ3v) is 8.70. The first-order chi connectivity index (χ1) is 17.7. The zero-order chi connectivity index (χ0) is 26.7. The van der Waals surface area contributed by atoms with Crippen LogP contribution in [0.2, 0.25) is 5.02 Å². The molecule has 0 aliphatic heterocycles. The van der Waals surface area contributed by atoms with Gasteiger partial charge in [-0.1, -0.05) is 17.7 Å². The first-order valence-electron chi connectivity index (χ1n) is 11.6. The second-order valence-electron chi connectivity index (χ2n) is 8.73. The maximum atomic E-state index is 13.7. The average Bonchev–Trinajstić information content (AvgIpc) is 3.50. The van der Waals surface area contributed by atoms with Gasteiger partial charge in [0.25, 0.3) is 0 Å². The third kappa shape index (κ3) is 5.46. The van der Waals surface area contributed by atoms with Crippen molar-refractivity contribution in [3.05, 3.63) is 53.1 Å². The summed E-state index contributed by atoms with van der Waals surface area (Å²) in [6.45, 7) is 1.53. The van der Waals surface area contributed by atoms with Crippen LogP contribution in [0.15, 0.2) is 30.6 Å². The molecule has 0 saturated heterocycles. The molecule has 0 spiro atoms. The first-order valence-corrected chi connectivity index (χ1v) is 13.7. The van der Waals surface area contributed by atoms with E-state index in [1.165, 1.54) is 40.6 Å². The zero-order valence-electron chi connectivity index (χ0n) is 20.9. The molecule has 3 aromatic rings. The lowest BCUT2D eigenvalue weighted by atomic mass is 10.1. The fourth-order valence-electron chi connectivity index (χ4n) is 4.49. The van der Waals surface area contributed by atoms with Crippen molar-refractivity contribution in [3.8, 4) is 17.2 Å². The van der Waals surface area contributed by atoms with Crippen LogP contribution in [0.3, 0.4) is 0 Å². The standard InChI is InChI=1S/C24H28ClN5O6S/c1-14(22(36-4)23-26-11-16(25)12-27-23)37(32,33)13-20-28-29-24(15-8-9-17(31)10-15)30(20)21-18(34-2)6-5-7-19(21)35-3/h5-7,11-12,14-15,22H,8-10,13H2,1-4H3/t14-,15-,22-/m0/s1. The van der Waals surface area contributed by atoms with E-state index in [4.69, 9.17) is 25.8 Å². The molecule has 11 nitrogen and oxygen atoms in total. The zero-order valence-corrected chi connectivity index (χ0v) is 22.5. The number of para-hydroxylation sites is 1. The van der Waals surface area contributed by atoms with Gasteiger partial charge >= 0.3 is 0 Å². The number of carbonyl (C=O) groups is 1. The third-order valence-electron chi connectivity index (χ3n) is 6.46. The summed E-state index contributed by atoms with van der Waals surface area (Å²) >= 11 is 5.88. The van der Waals surface area contributed by atoms with Gasteiger partial charge < -0.3 is 14.2 Å². The highest BCUT2D eigenvalue weighted by molar-refractivity contribution is 7.91. The predicted octanol–water partition coefficient (Wildman–Crippen LogP) is 3.26. The Labute approximate surface area is 220 Å². The molecular weight excluding hydrogens is 522 g/mol. The Morgan fingerprint density at radius 2 is 1.76 bits per heavy atom. The van der Waals surface area contributed by atoms with E-state index in [0.717, 1.165) is 0 Å². The van der Waals surface area contributed by atoms with Crippen LogP contribution in [0.4, 0.5) is 0 Å². The van der Waals surface area contributed by atoms with Crippen LogP contribution in [0.5, 0.6) is 11.5 Å². The average molecular weight is 550 g/mol. The molecule has 13 heteroatoms. The number of halogens is 1. The summed E-state index contributed by atoms with van der Waals surface area (Å²) in [6.07, 6.45) is 3.16. The molecule has 0 radical (unpaired) electrons. The molecule has 0 bridgehead atoms. The normalized spacial score (nSPS) is 17.5. The Hall–Kier alpha value is -3.09. The number of ether oxygens (including phenoxy) is 3. The molecule has 198 valence electrons. The van der Waals surface area contributed by atoms with E-state index >= 15 is 0 Å². The van der Waals surface area contributed by atoms with E-state index in [-0.39, 0.29) is 23.3 Å². The number of aromatic nitrogens is 5. The number of Topliss-reactive ketones (excluding diaryl/α,β-unsaturated/α-hetero) is 1. The Morgan fingerprint density at radius 3 is 2.30 bits per heavy atom. The van der Waals surface area contributed by atoms with E-state index in [1.54, 1.807) is 22.8 Å². The van der Waals surface area contributed by atoms with E-state index in [0.29, 0.717) is 47.3 Å². The molecule has 1 aromatic carbocycles. The van der Waals surface area contributed by atoms with Gasteiger partial charge in [0.2, 0.25) is 0 Å². The van der Waals surface area contributed by atoms with Crippen LogP contribution >= 0.6 is 11.6 Å². The van der Waals surface area contributed by atoms with Crippen molar-refractivity contribution in [1.82, 2.24) is 24.7 Å². The Morgan fingerprint density at radius 1 is 1.11 bits per heavy atom. The lowest BCUT2D eigenvalue weighted by molar-refractivity contribution is -0.117. The number of ketones is 1. The van der Waals surface area contributed by atoms with Crippen molar-refractivity contribution in [2.24, 2.45) is 0 Å². The van der Waals surface area contributed by atoms with Gasteiger partial charge in [0.05, 0.1) is 24.5 Å².